The Labute approximate surface area is 143 Å². The maximum absolute atomic E-state index is 10.2. The van der Waals surface area contributed by atoms with Crippen molar-refractivity contribution >= 4 is 5.71 Å². The number of para-hydroxylation sites is 1. The molecule has 2 aromatic rings. The second-order valence-electron chi connectivity index (χ2n) is 6.53. The molecule has 1 heterocycles. The number of phenolic OH excluding ortho intramolecular Hbond substituents is 1. The average Bonchev–Trinajstić information content (AvgIpc) is 2.55. The first-order valence-electron chi connectivity index (χ1n) is 8.36. The zero-order valence-corrected chi connectivity index (χ0v) is 14.4. The number of hydrogen-bond donors (Lipinski definition) is 2. The molecule has 0 spiro atoms. The second-order valence-corrected chi connectivity index (χ2v) is 6.53. The quantitative estimate of drug-likeness (QED) is 0.892. The lowest BCUT2D eigenvalue weighted by atomic mass is 9.92. The van der Waals surface area contributed by atoms with Gasteiger partial charge in [-0.05, 0) is 56.7 Å². The van der Waals surface area contributed by atoms with Crippen LogP contribution in [0.25, 0.3) is 0 Å². The van der Waals surface area contributed by atoms with Crippen LogP contribution in [0.2, 0.25) is 0 Å². The summed E-state index contributed by atoms with van der Waals surface area (Å²) in [5.41, 5.74) is 2.64. The van der Waals surface area contributed by atoms with Gasteiger partial charge in [-0.1, -0.05) is 18.2 Å². The standard InChI is InChI=1S/C20H24N2O2/c1-4-24-15-11-9-14(10-12-15)17-13-18(22-20(2,3)21-17)16-7-5-6-8-19(16)23/h5-12,18,22-23H,4,13H2,1-3H3. The summed E-state index contributed by atoms with van der Waals surface area (Å²) in [6.07, 6.45) is 0.731. The van der Waals surface area contributed by atoms with Gasteiger partial charge in [-0.25, -0.2) is 0 Å². The van der Waals surface area contributed by atoms with Gasteiger partial charge >= 0.3 is 0 Å². The molecule has 3 rings (SSSR count). The van der Waals surface area contributed by atoms with Gasteiger partial charge in [-0.15, -0.1) is 0 Å². The first-order chi connectivity index (χ1) is 11.5. The summed E-state index contributed by atoms with van der Waals surface area (Å²) >= 11 is 0. The van der Waals surface area contributed by atoms with Crippen molar-refractivity contribution in [3.05, 3.63) is 59.7 Å². The third kappa shape index (κ3) is 3.60. The van der Waals surface area contributed by atoms with Gasteiger partial charge in [-0.3, -0.25) is 10.3 Å². The number of nitrogens with one attached hydrogen (secondary N) is 1. The molecular weight excluding hydrogens is 300 g/mol. The molecule has 0 saturated carbocycles. The van der Waals surface area contributed by atoms with Crippen LogP contribution in [0.15, 0.2) is 53.5 Å². The van der Waals surface area contributed by atoms with Gasteiger partial charge in [0.05, 0.1) is 6.61 Å². The molecule has 4 nitrogen and oxygen atoms in total. The summed E-state index contributed by atoms with van der Waals surface area (Å²) in [5, 5.41) is 13.7. The fourth-order valence-electron chi connectivity index (χ4n) is 3.15. The first-order valence-corrected chi connectivity index (χ1v) is 8.36. The maximum atomic E-state index is 10.2. The highest BCUT2D eigenvalue weighted by atomic mass is 16.5. The van der Waals surface area contributed by atoms with Crippen molar-refractivity contribution in [1.82, 2.24) is 5.32 Å². The predicted molar refractivity (Wildman–Crippen MR) is 96.8 cm³/mol. The van der Waals surface area contributed by atoms with E-state index in [1.54, 1.807) is 6.07 Å². The normalized spacial score (nSPS) is 19.6. The SMILES string of the molecule is CCOc1ccc(C2=NC(C)(C)NC(c3ccccc3O)C2)cc1. The van der Waals surface area contributed by atoms with Crippen molar-refractivity contribution in [1.29, 1.82) is 0 Å². The van der Waals surface area contributed by atoms with E-state index in [1.165, 1.54) is 0 Å². The summed E-state index contributed by atoms with van der Waals surface area (Å²) in [6.45, 7) is 6.73. The molecule has 4 heteroatoms. The second kappa shape index (κ2) is 6.65. The molecule has 2 N–H and O–H groups in total. The number of phenols is 1. The van der Waals surface area contributed by atoms with Crippen molar-refractivity contribution in [3.63, 3.8) is 0 Å². The lowest BCUT2D eigenvalue weighted by Crippen LogP contribution is -2.45. The Hall–Kier alpha value is -2.33. The average molecular weight is 324 g/mol. The van der Waals surface area contributed by atoms with E-state index in [4.69, 9.17) is 9.73 Å². The van der Waals surface area contributed by atoms with Crippen molar-refractivity contribution < 1.29 is 9.84 Å². The lowest BCUT2D eigenvalue weighted by molar-refractivity contribution is 0.328. The van der Waals surface area contributed by atoms with Gasteiger partial charge in [0.1, 0.15) is 17.2 Å². The van der Waals surface area contributed by atoms with Crippen LogP contribution in [0, 0.1) is 0 Å². The molecule has 126 valence electrons. The van der Waals surface area contributed by atoms with Crippen LogP contribution >= 0.6 is 0 Å². The minimum atomic E-state index is -0.390. The van der Waals surface area contributed by atoms with E-state index in [1.807, 2.05) is 63.2 Å². The molecule has 1 unspecified atom stereocenters. The molecule has 2 aromatic carbocycles. The molecule has 0 bridgehead atoms. The third-order valence-electron chi connectivity index (χ3n) is 4.15. The highest BCUT2D eigenvalue weighted by Crippen LogP contribution is 2.33. The zero-order valence-electron chi connectivity index (χ0n) is 14.4. The van der Waals surface area contributed by atoms with Crippen LogP contribution in [-0.2, 0) is 0 Å². The number of rotatable bonds is 4. The minimum Gasteiger partial charge on any atom is -0.508 e. The van der Waals surface area contributed by atoms with Crippen molar-refractivity contribution in [2.45, 2.75) is 38.9 Å². The number of aromatic hydroxyl groups is 1. The van der Waals surface area contributed by atoms with Crippen molar-refractivity contribution in [3.8, 4) is 11.5 Å². The van der Waals surface area contributed by atoms with Gasteiger partial charge in [0.2, 0.25) is 0 Å². The molecule has 1 aliphatic rings. The van der Waals surface area contributed by atoms with E-state index in [2.05, 4.69) is 5.32 Å². The van der Waals surface area contributed by atoms with Crippen LogP contribution in [-0.4, -0.2) is 23.1 Å². The van der Waals surface area contributed by atoms with Crippen LogP contribution in [0.1, 0.15) is 44.4 Å². The smallest absolute Gasteiger partial charge is 0.120 e. The van der Waals surface area contributed by atoms with Gasteiger partial charge in [-0.2, -0.15) is 0 Å². The Kier molecular flexibility index (Phi) is 4.58. The Morgan fingerprint density at radius 2 is 1.88 bits per heavy atom. The van der Waals surface area contributed by atoms with Crippen LogP contribution in [0.3, 0.4) is 0 Å². The summed E-state index contributed by atoms with van der Waals surface area (Å²) in [7, 11) is 0. The molecule has 0 aromatic heterocycles. The van der Waals surface area contributed by atoms with E-state index in [9.17, 15) is 5.11 Å². The highest BCUT2D eigenvalue weighted by Gasteiger charge is 2.30. The van der Waals surface area contributed by atoms with Crippen LogP contribution in [0.4, 0.5) is 0 Å². The van der Waals surface area contributed by atoms with E-state index >= 15 is 0 Å². The Bertz CT molecular complexity index is 736. The minimum absolute atomic E-state index is 0.0280. The molecule has 0 amide bonds. The monoisotopic (exact) mass is 324 g/mol. The molecule has 0 saturated heterocycles. The molecular formula is C20H24N2O2. The molecule has 1 aliphatic heterocycles. The summed E-state index contributed by atoms with van der Waals surface area (Å²) in [6, 6.07) is 15.6. The van der Waals surface area contributed by atoms with Gasteiger partial charge in [0, 0.05) is 23.7 Å². The largest absolute Gasteiger partial charge is 0.508 e. The Morgan fingerprint density at radius 3 is 2.54 bits per heavy atom. The Balaban J connectivity index is 1.90. The van der Waals surface area contributed by atoms with Crippen molar-refractivity contribution in [2.75, 3.05) is 6.61 Å². The van der Waals surface area contributed by atoms with Crippen LogP contribution < -0.4 is 10.1 Å². The van der Waals surface area contributed by atoms with E-state index in [0.717, 1.165) is 29.0 Å². The number of aliphatic imine (C=N–C) groups is 1. The molecule has 0 radical (unpaired) electrons. The number of nitrogens with zero attached hydrogens (tertiary/aromatic N) is 1. The molecule has 1 atom stereocenters. The zero-order chi connectivity index (χ0) is 17.2. The number of ether oxygens (including phenoxy) is 1. The predicted octanol–water partition coefficient (Wildman–Crippen LogP) is 4.05. The van der Waals surface area contributed by atoms with E-state index < -0.39 is 0 Å². The summed E-state index contributed by atoms with van der Waals surface area (Å²) < 4.78 is 5.51. The van der Waals surface area contributed by atoms with Gasteiger partial charge < -0.3 is 9.84 Å². The topological polar surface area (TPSA) is 53.8 Å². The highest BCUT2D eigenvalue weighted by molar-refractivity contribution is 6.01. The van der Waals surface area contributed by atoms with Crippen LogP contribution in [0.5, 0.6) is 11.5 Å². The lowest BCUT2D eigenvalue weighted by Gasteiger charge is -2.35. The summed E-state index contributed by atoms with van der Waals surface area (Å²) in [5.74, 6) is 1.19. The third-order valence-corrected chi connectivity index (χ3v) is 4.15. The molecule has 24 heavy (non-hydrogen) atoms. The Morgan fingerprint density at radius 1 is 1.17 bits per heavy atom. The number of benzene rings is 2. The number of hydrogen-bond acceptors (Lipinski definition) is 4. The first kappa shape index (κ1) is 16.5. The molecule has 0 aliphatic carbocycles. The van der Waals surface area contributed by atoms with E-state index in [-0.39, 0.29) is 11.7 Å². The van der Waals surface area contributed by atoms with E-state index in [0.29, 0.717) is 12.4 Å². The van der Waals surface area contributed by atoms with Crippen molar-refractivity contribution in [2.24, 2.45) is 4.99 Å². The molecule has 0 fully saturated rings. The maximum Gasteiger partial charge on any atom is 0.120 e. The fourth-order valence-corrected chi connectivity index (χ4v) is 3.15. The fraction of sp³-hybridized carbons (Fsp3) is 0.350. The summed E-state index contributed by atoms with van der Waals surface area (Å²) in [4.78, 5) is 4.85. The van der Waals surface area contributed by atoms with Gasteiger partial charge in [0.25, 0.3) is 0 Å². The van der Waals surface area contributed by atoms with Gasteiger partial charge in [0.15, 0.2) is 0 Å².